The number of nitrogens with one attached hydrogen (secondary N) is 3. The molecule has 0 bridgehead atoms. The lowest BCUT2D eigenvalue weighted by atomic mass is 10.2. The van der Waals surface area contributed by atoms with Crippen LogP contribution >= 0.6 is 57.6 Å². The van der Waals surface area contributed by atoms with E-state index in [9.17, 15) is 14.4 Å². The number of carbonyl (C=O) groups excluding carboxylic acids is 3. The van der Waals surface area contributed by atoms with Crippen LogP contribution in [0, 0.1) is 25.5 Å². The molecule has 308 valence electrons. The number of pyridine rings is 1. The Morgan fingerprint density at radius 3 is 2.33 bits per heavy atom. The van der Waals surface area contributed by atoms with Gasteiger partial charge in [0.15, 0.2) is 26.0 Å². The summed E-state index contributed by atoms with van der Waals surface area (Å²) in [5.41, 5.74) is 6.18. The number of hydrogen-bond donors (Lipinski definition) is 3. The average Bonchev–Trinajstić information content (AvgIpc) is 4.09. The lowest BCUT2D eigenvalue weighted by Crippen LogP contribution is -2.21. The van der Waals surface area contributed by atoms with Gasteiger partial charge in [0.1, 0.15) is 17.2 Å². The molecule has 6 heterocycles. The average molecular weight is 899 g/mol. The highest BCUT2D eigenvalue weighted by Crippen LogP contribution is 2.28. The maximum atomic E-state index is 12.4. The summed E-state index contributed by atoms with van der Waals surface area (Å²) in [6.45, 7) is 7.94. The van der Waals surface area contributed by atoms with Gasteiger partial charge in [-0.05, 0) is 94.0 Å². The molecule has 8 aromatic rings. The number of benzene rings is 2. The summed E-state index contributed by atoms with van der Waals surface area (Å²) in [6, 6.07) is 21.2. The number of anilines is 4. The first-order valence-electron chi connectivity index (χ1n) is 18.0. The van der Waals surface area contributed by atoms with Crippen molar-refractivity contribution in [2.24, 2.45) is 0 Å². The molecule has 0 fully saturated rings. The van der Waals surface area contributed by atoms with Crippen LogP contribution < -0.4 is 20.7 Å². The van der Waals surface area contributed by atoms with Crippen LogP contribution in [0.4, 0.5) is 21.1 Å². The molecule has 8 rings (SSSR count). The predicted octanol–water partition coefficient (Wildman–Crippen LogP) is 9.48. The first-order valence-corrected chi connectivity index (χ1v) is 21.9. The van der Waals surface area contributed by atoms with Crippen molar-refractivity contribution in [1.82, 2.24) is 34.1 Å². The van der Waals surface area contributed by atoms with Crippen molar-refractivity contribution >= 4 is 102 Å². The van der Waals surface area contributed by atoms with E-state index < -0.39 is 0 Å². The molecule has 0 aliphatic carbocycles. The SMILES string of the molecule is CCOC(=O)c1sc(Nc2cccc(C)c2)nc1C.COc1ccc(-c2csc(NC(=O)Cn3c(=S)nc4ccccn43)n2)cc1.Cc1csc(NC(=O)c2nccs2)n1. The summed E-state index contributed by atoms with van der Waals surface area (Å²) in [5.74, 6) is 0.0591. The lowest BCUT2D eigenvalue weighted by Gasteiger charge is -2.05. The van der Waals surface area contributed by atoms with Crippen LogP contribution in [0.1, 0.15) is 43.3 Å². The van der Waals surface area contributed by atoms with Crippen LogP contribution in [0.5, 0.6) is 5.75 Å². The second kappa shape index (κ2) is 20.7. The molecule has 0 saturated carbocycles. The maximum Gasteiger partial charge on any atom is 0.350 e. The summed E-state index contributed by atoms with van der Waals surface area (Å²) in [6.07, 6.45) is 3.42. The Morgan fingerprint density at radius 1 is 0.850 bits per heavy atom. The minimum atomic E-state index is -0.310. The zero-order chi connectivity index (χ0) is 42.6. The number of methoxy groups -OCH3 is 1. The van der Waals surface area contributed by atoms with Crippen LogP contribution in [0.25, 0.3) is 16.9 Å². The quantitative estimate of drug-likeness (QED) is 0.0828. The highest BCUT2D eigenvalue weighted by molar-refractivity contribution is 7.71. The minimum absolute atomic E-state index is 0.0570. The summed E-state index contributed by atoms with van der Waals surface area (Å²) >= 11 is 10.7. The second-order valence-electron chi connectivity index (χ2n) is 12.4. The monoisotopic (exact) mass is 898 g/mol. The zero-order valence-corrected chi connectivity index (χ0v) is 36.9. The van der Waals surface area contributed by atoms with E-state index in [-0.39, 0.29) is 24.3 Å². The molecule has 2 amide bonds. The van der Waals surface area contributed by atoms with E-state index in [2.05, 4.69) is 40.9 Å². The van der Waals surface area contributed by atoms with Crippen molar-refractivity contribution in [2.45, 2.75) is 34.2 Å². The predicted molar refractivity (Wildman–Crippen MR) is 241 cm³/mol. The summed E-state index contributed by atoms with van der Waals surface area (Å²) in [7, 11) is 1.63. The van der Waals surface area contributed by atoms with Crippen LogP contribution in [0.3, 0.4) is 0 Å². The van der Waals surface area contributed by atoms with Gasteiger partial charge < -0.3 is 20.1 Å². The fraction of sp³-hybridized carbons (Fsp3) is 0.175. The highest BCUT2D eigenvalue weighted by Gasteiger charge is 2.17. The third kappa shape index (κ3) is 11.7. The minimum Gasteiger partial charge on any atom is -0.497 e. The number of rotatable bonds is 11. The molecule has 15 nitrogen and oxygen atoms in total. The Balaban J connectivity index is 0.000000160. The molecule has 0 saturated heterocycles. The normalized spacial score (nSPS) is 10.5. The third-order valence-corrected chi connectivity index (χ3v) is 11.7. The number of carbonyl (C=O) groups is 3. The molecular weight excluding hydrogens is 861 g/mol. The molecular formula is C40H38N10O5S5. The third-order valence-electron chi connectivity index (χ3n) is 7.93. The molecule has 2 aromatic carbocycles. The van der Waals surface area contributed by atoms with E-state index in [1.54, 1.807) is 34.8 Å². The Bertz CT molecular complexity index is 2750. The molecule has 0 radical (unpaired) electrons. The van der Waals surface area contributed by atoms with Gasteiger partial charge >= 0.3 is 5.97 Å². The van der Waals surface area contributed by atoms with E-state index in [4.69, 9.17) is 21.7 Å². The van der Waals surface area contributed by atoms with Crippen LogP contribution in [0.15, 0.2) is 95.3 Å². The van der Waals surface area contributed by atoms with Crippen LogP contribution in [0.2, 0.25) is 0 Å². The number of aromatic nitrogens is 7. The van der Waals surface area contributed by atoms with Gasteiger partial charge in [-0.15, -0.1) is 34.0 Å². The lowest BCUT2D eigenvalue weighted by molar-refractivity contribution is -0.117. The molecule has 3 N–H and O–H groups in total. The molecule has 60 heavy (non-hydrogen) atoms. The Kier molecular flexibility index (Phi) is 14.9. The summed E-state index contributed by atoms with van der Waals surface area (Å²) < 4.78 is 13.9. The van der Waals surface area contributed by atoms with Crippen molar-refractivity contribution in [1.29, 1.82) is 0 Å². The number of ether oxygens (including phenoxy) is 2. The van der Waals surface area contributed by atoms with Gasteiger partial charge in [0, 0.05) is 39.8 Å². The number of esters is 1. The van der Waals surface area contributed by atoms with Gasteiger partial charge in [0.2, 0.25) is 10.7 Å². The number of fused-ring (bicyclic) bond motifs is 1. The number of aryl methyl sites for hydroxylation is 3. The summed E-state index contributed by atoms with van der Waals surface area (Å²) in [4.78, 5) is 57.3. The molecule has 20 heteroatoms. The Morgan fingerprint density at radius 2 is 1.63 bits per heavy atom. The highest BCUT2D eigenvalue weighted by atomic mass is 32.1. The van der Waals surface area contributed by atoms with Crippen LogP contribution in [-0.4, -0.2) is 65.6 Å². The first-order chi connectivity index (χ1) is 29.0. The van der Waals surface area contributed by atoms with E-state index in [0.717, 1.165) is 28.4 Å². The van der Waals surface area contributed by atoms with Crippen molar-refractivity contribution in [3.8, 4) is 17.0 Å². The van der Waals surface area contributed by atoms with Gasteiger partial charge in [-0.25, -0.2) is 33.9 Å². The van der Waals surface area contributed by atoms with Gasteiger partial charge in [0.25, 0.3) is 5.91 Å². The molecule has 0 unspecified atom stereocenters. The van der Waals surface area contributed by atoms with Crippen molar-refractivity contribution < 1.29 is 23.9 Å². The Hall–Kier alpha value is -6.19. The fourth-order valence-corrected chi connectivity index (χ4v) is 8.29. The van der Waals surface area contributed by atoms with Gasteiger partial charge in [-0.1, -0.05) is 29.5 Å². The van der Waals surface area contributed by atoms with Crippen molar-refractivity contribution in [3.05, 3.63) is 127 Å². The van der Waals surface area contributed by atoms with E-state index in [1.165, 1.54) is 50.9 Å². The van der Waals surface area contributed by atoms with E-state index in [0.29, 0.717) is 48.0 Å². The van der Waals surface area contributed by atoms with Gasteiger partial charge in [-0.2, -0.15) is 4.98 Å². The zero-order valence-electron chi connectivity index (χ0n) is 32.9. The van der Waals surface area contributed by atoms with Gasteiger partial charge in [0.05, 0.1) is 30.8 Å². The summed E-state index contributed by atoms with van der Waals surface area (Å²) in [5, 5.41) is 16.6. The number of hydrogen-bond acceptors (Lipinski definition) is 16. The van der Waals surface area contributed by atoms with E-state index in [1.807, 2.05) is 104 Å². The molecule has 0 atom stereocenters. The fourth-order valence-electron chi connectivity index (χ4n) is 5.21. The topological polar surface area (TPSA) is 180 Å². The molecule has 0 aliphatic rings. The maximum absolute atomic E-state index is 12.4. The molecule has 0 aliphatic heterocycles. The number of nitrogens with zero attached hydrogens (tertiary/aromatic N) is 7. The number of thiazole rings is 4. The number of amides is 2. The van der Waals surface area contributed by atoms with Gasteiger partial charge in [-0.3, -0.25) is 14.9 Å². The largest absolute Gasteiger partial charge is 0.497 e. The second-order valence-corrected chi connectivity index (χ2v) is 16.4. The Labute approximate surface area is 365 Å². The smallest absolute Gasteiger partial charge is 0.350 e. The first kappa shape index (κ1) is 43.4. The molecule has 6 aromatic heterocycles. The van der Waals surface area contributed by atoms with Crippen molar-refractivity contribution in [2.75, 3.05) is 29.7 Å². The van der Waals surface area contributed by atoms with Crippen molar-refractivity contribution in [3.63, 3.8) is 0 Å². The van der Waals surface area contributed by atoms with Crippen LogP contribution in [-0.2, 0) is 16.1 Å². The standard InChI is InChI=1S/C18H15N5O2S2.C14H16N2O2S.C8H7N3OS2/c1-25-13-7-5-12(6-8-13)14-11-27-17(19-14)21-16(24)10-23-18(26)20-15-4-2-3-9-22(15)23;1-4-18-13(17)12-10(3)15-14(19-12)16-11-7-5-6-9(2)8-11;1-5-4-14-8(10-5)11-6(12)7-9-2-3-13-7/h2-9,11H,10H2,1H3,(H,19,21,24);5-8H,4H2,1-3H3,(H,15,16);2-4H,1H3,(H,10,11,12). The van der Waals surface area contributed by atoms with E-state index >= 15 is 0 Å². The molecule has 0 spiro atoms.